The Morgan fingerprint density at radius 3 is 2.44 bits per heavy atom. The first kappa shape index (κ1) is 13.5. The van der Waals surface area contributed by atoms with Crippen LogP contribution in [0.15, 0.2) is 24.3 Å². The maximum atomic E-state index is 10.2. The molecule has 1 fully saturated rings. The highest BCUT2D eigenvalue weighted by atomic mass is 16.7. The second-order valence-electron chi connectivity index (χ2n) is 4.39. The molecule has 1 aromatic carbocycles. The lowest BCUT2D eigenvalue weighted by molar-refractivity contribution is -0.185. The lowest BCUT2D eigenvalue weighted by Gasteiger charge is -2.37. The highest BCUT2D eigenvalue weighted by molar-refractivity contribution is 5.30. The summed E-state index contributed by atoms with van der Waals surface area (Å²) in [4.78, 5) is 0. The summed E-state index contributed by atoms with van der Waals surface area (Å²) in [7, 11) is 0. The second kappa shape index (κ2) is 5.80. The lowest BCUT2D eigenvalue weighted by Crippen LogP contribution is -2.46. The van der Waals surface area contributed by atoms with E-state index in [2.05, 4.69) is 0 Å². The molecule has 0 bridgehead atoms. The summed E-state index contributed by atoms with van der Waals surface area (Å²) in [6.45, 7) is 5.74. The molecular formula is C14H20O4. The zero-order valence-electron chi connectivity index (χ0n) is 10.9. The zero-order valence-corrected chi connectivity index (χ0v) is 10.9. The SMILES string of the molecule is CCOC(OCC)c1cccc(C2(O)COC2)c1. The van der Waals surface area contributed by atoms with Crippen LogP contribution in [0.5, 0.6) is 0 Å². The van der Waals surface area contributed by atoms with Crippen molar-refractivity contribution in [2.45, 2.75) is 25.7 Å². The number of benzene rings is 1. The lowest BCUT2D eigenvalue weighted by atomic mass is 9.91. The van der Waals surface area contributed by atoms with E-state index in [0.717, 1.165) is 11.1 Å². The third kappa shape index (κ3) is 2.72. The van der Waals surface area contributed by atoms with Crippen LogP contribution in [0.4, 0.5) is 0 Å². The molecule has 1 N–H and O–H groups in total. The van der Waals surface area contributed by atoms with E-state index in [-0.39, 0.29) is 6.29 Å². The predicted molar refractivity (Wildman–Crippen MR) is 67.2 cm³/mol. The highest BCUT2D eigenvalue weighted by Crippen LogP contribution is 2.31. The average molecular weight is 252 g/mol. The molecule has 0 atom stereocenters. The van der Waals surface area contributed by atoms with Gasteiger partial charge >= 0.3 is 0 Å². The van der Waals surface area contributed by atoms with Crippen LogP contribution in [0.2, 0.25) is 0 Å². The maximum Gasteiger partial charge on any atom is 0.183 e. The van der Waals surface area contributed by atoms with Crippen LogP contribution in [-0.4, -0.2) is 31.5 Å². The fourth-order valence-corrected chi connectivity index (χ4v) is 1.98. The molecular weight excluding hydrogens is 232 g/mol. The van der Waals surface area contributed by atoms with E-state index in [9.17, 15) is 5.11 Å². The van der Waals surface area contributed by atoms with Gasteiger partial charge in [0.25, 0.3) is 0 Å². The van der Waals surface area contributed by atoms with E-state index < -0.39 is 5.60 Å². The van der Waals surface area contributed by atoms with Crippen molar-refractivity contribution in [3.8, 4) is 0 Å². The summed E-state index contributed by atoms with van der Waals surface area (Å²) in [6.07, 6.45) is -0.371. The summed E-state index contributed by atoms with van der Waals surface area (Å²) in [5.41, 5.74) is 0.936. The smallest absolute Gasteiger partial charge is 0.183 e. The van der Waals surface area contributed by atoms with Gasteiger partial charge in [-0.2, -0.15) is 0 Å². The van der Waals surface area contributed by atoms with Crippen molar-refractivity contribution in [2.75, 3.05) is 26.4 Å². The van der Waals surface area contributed by atoms with Crippen molar-refractivity contribution in [1.82, 2.24) is 0 Å². The van der Waals surface area contributed by atoms with Crippen LogP contribution in [0, 0.1) is 0 Å². The predicted octanol–water partition coefficient (Wildman–Crippen LogP) is 1.98. The summed E-state index contributed by atoms with van der Waals surface area (Å²) < 4.78 is 16.2. The molecule has 1 heterocycles. The Morgan fingerprint density at radius 1 is 1.28 bits per heavy atom. The van der Waals surface area contributed by atoms with Gasteiger partial charge < -0.3 is 19.3 Å². The van der Waals surface area contributed by atoms with E-state index in [0.29, 0.717) is 26.4 Å². The molecule has 4 heteroatoms. The summed E-state index contributed by atoms with van der Waals surface area (Å²) in [5, 5.41) is 10.2. The number of hydrogen-bond acceptors (Lipinski definition) is 4. The van der Waals surface area contributed by atoms with Gasteiger partial charge in [-0.1, -0.05) is 18.2 Å². The Morgan fingerprint density at radius 2 is 1.94 bits per heavy atom. The van der Waals surface area contributed by atoms with E-state index in [4.69, 9.17) is 14.2 Å². The standard InChI is InChI=1S/C14H20O4/c1-3-17-13(18-4-2)11-6-5-7-12(8-11)14(15)9-16-10-14/h5-8,13,15H,3-4,9-10H2,1-2H3. The Labute approximate surface area is 107 Å². The Hall–Kier alpha value is -0.940. The van der Waals surface area contributed by atoms with Crippen molar-refractivity contribution in [1.29, 1.82) is 0 Å². The molecule has 4 nitrogen and oxygen atoms in total. The molecule has 0 aliphatic carbocycles. The second-order valence-corrected chi connectivity index (χ2v) is 4.39. The number of ether oxygens (including phenoxy) is 3. The fraction of sp³-hybridized carbons (Fsp3) is 0.571. The van der Waals surface area contributed by atoms with E-state index >= 15 is 0 Å². The average Bonchev–Trinajstić information content (AvgIpc) is 2.36. The molecule has 0 saturated carbocycles. The van der Waals surface area contributed by atoms with E-state index in [1.807, 2.05) is 38.1 Å². The molecule has 100 valence electrons. The molecule has 0 unspecified atom stereocenters. The van der Waals surface area contributed by atoms with Crippen LogP contribution in [0.25, 0.3) is 0 Å². The minimum absolute atomic E-state index is 0.352. The molecule has 1 saturated heterocycles. The molecule has 1 aliphatic rings. The van der Waals surface area contributed by atoms with Gasteiger partial charge in [0, 0.05) is 18.8 Å². The van der Waals surface area contributed by atoms with E-state index in [1.54, 1.807) is 0 Å². The third-order valence-electron chi connectivity index (χ3n) is 3.01. The Bertz CT molecular complexity index is 381. The van der Waals surface area contributed by atoms with Gasteiger partial charge in [-0.3, -0.25) is 0 Å². The summed E-state index contributed by atoms with van der Waals surface area (Å²) in [5.74, 6) is 0. The molecule has 1 aliphatic heterocycles. The van der Waals surface area contributed by atoms with Crippen molar-refractivity contribution in [3.63, 3.8) is 0 Å². The highest BCUT2D eigenvalue weighted by Gasteiger charge is 2.38. The van der Waals surface area contributed by atoms with Crippen molar-refractivity contribution < 1.29 is 19.3 Å². The van der Waals surface area contributed by atoms with Gasteiger partial charge in [0.05, 0.1) is 13.2 Å². The monoisotopic (exact) mass is 252 g/mol. The first-order valence-electron chi connectivity index (χ1n) is 6.33. The topological polar surface area (TPSA) is 47.9 Å². The minimum atomic E-state index is -0.848. The van der Waals surface area contributed by atoms with Crippen LogP contribution in [0.1, 0.15) is 31.3 Å². The first-order valence-corrected chi connectivity index (χ1v) is 6.33. The van der Waals surface area contributed by atoms with Crippen molar-refractivity contribution in [2.24, 2.45) is 0 Å². The molecule has 0 aromatic heterocycles. The third-order valence-corrected chi connectivity index (χ3v) is 3.01. The van der Waals surface area contributed by atoms with Crippen LogP contribution < -0.4 is 0 Å². The van der Waals surface area contributed by atoms with Crippen LogP contribution >= 0.6 is 0 Å². The Kier molecular flexibility index (Phi) is 4.35. The maximum absolute atomic E-state index is 10.2. The van der Waals surface area contributed by atoms with Crippen molar-refractivity contribution >= 4 is 0 Å². The van der Waals surface area contributed by atoms with Gasteiger partial charge in [-0.15, -0.1) is 0 Å². The van der Waals surface area contributed by atoms with Crippen molar-refractivity contribution in [3.05, 3.63) is 35.4 Å². The molecule has 1 aromatic rings. The largest absolute Gasteiger partial charge is 0.380 e. The molecule has 0 spiro atoms. The normalized spacial score (nSPS) is 17.8. The van der Waals surface area contributed by atoms with Gasteiger partial charge in [0.1, 0.15) is 5.60 Å². The first-order chi connectivity index (χ1) is 8.69. The molecule has 2 rings (SSSR count). The molecule has 0 radical (unpaired) electrons. The minimum Gasteiger partial charge on any atom is -0.380 e. The van der Waals surface area contributed by atoms with Crippen LogP contribution in [0.3, 0.4) is 0 Å². The molecule has 0 amide bonds. The zero-order chi connectivity index (χ0) is 13.0. The van der Waals surface area contributed by atoms with Gasteiger partial charge in [0.15, 0.2) is 6.29 Å². The number of aliphatic hydroxyl groups is 1. The number of rotatable bonds is 6. The van der Waals surface area contributed by atoms with Gasteiger partial charge in [-0.05, 0) is 25.5 Å². The van der Waals surface area contributed by atoms with Gasteiger partial charge in [0.2, 0.25) is 0 Å². The fourth-order valence-electron chi connectivity index (χ4n) is 1.98. The molecule has 18 heavy (non-hydrogen) atoms. The quantitative estimate of drug-likeness (QED) is 0.786. The van der Waals surface area contributed by atoms with E-state index in [1.165, 1.54) is 0 Å². The van der Waals surface area contributed by atoms with Crippen LogP contribution in [-0.2, 0) is 19.8 Å². The Balaban J connectivity index is 2.19. The number of hydrogen-bond donors (Lipinski definition) is 1. The summed E-state index contributed by atoms with van der Waals surface area (Å²) >= 11 is 0. The summed E-state index contributed by atoms with van der Waals surface area (Å²) in [6, 6.07) is 7.69. The van der Waals surface area contributed by atoms with Gasteiger partial charge in [-0.25, -0.2) is 0 Å².